The van der Waals surface area contributed by atoms with E-state index in [1.807, 2.05) is 24.3 Å². The maximum atomic E-state index is 9.00. The lowest BCUT2D eigenvalue weighted by molar-refractivity contribution is -0.135. The van der Waals surface area contributed by atoms with Gasteiger partial charge in [0.25, 0.3) is 23.9 Å². The molecule has 0 fully saturated rings. The van der Waals surface area contributed by atoms with Gasteiger partial charge in [0, 0.05) is 64.6 Å². The summed E-state index contributed by atoms with van der Waals surface area (Å²) in [7, 11) is 0. The van der Waals surface area contributed by atoms with Gasteiger partial charge in [0.15, 0.2) is 0 Å². The molecule has 30 heavy (non-hydrogen) atoms. The van der Waals surface area contributed by atoms with Crippen LogP contribution in [0.4, 0.5) is 5.69 Å². The number of nitrogens with two attached hydrogens (primary N) is 1. The number of hydrogen-bond acceptors (Lipinski definition) is 7. The van der Waals surface area contributed by atoms with Crippen LogP contribution in [0.25, 0.3) is 0 Å². The molecule has 0 aliphatic rings. The molecule has 0 amide bonds. The number of carboxylic acid groups (broad SMARTS) is 4. The Labute approximate surface area is 180 Å². The Hall–Kier alpha value is -2.89. The van der Waals surface area contributed by atoms with Crippen LogP contribution >= 0.6 is 11.6 Å². The topological polar surface area (TPSA) is 199 Å². The van der Waals surface area contributed by atoms with Crippen LogP contribution in [-0.2, 0) is 19.2 Å². The van der Waals surface area contributed by atoms with Gasteiger partial charge in [-0.05, 0) is 24.3 Å². The third kappa shape index (κ3) is 73.3. The highest BCUT2D eigenvalue weighted by atomic mass is 35.5. The second-order valence-corrected chi connectivity index (χ2v) is 5.48. The molecule has 1 rings (SSSR count). The fourth-order valence-corrected chi connectivity index (χ4v) is 1.22. The smallest absolute Gasteiger partial charge is 0.300 e. The lowest BCUT2D eigenvalue weighted by Gasteiger charge is -2.06. The Morgan fingerprint density at radius 2 is 1.10 bits per heavy atom. The standard InChI is InChI=1S/C10H16ClN3.4C2H4O2/c11-9-1-3-10(4-2-9)14-8-7-13-6-5-12;4*1-2(3)4/h1-4,13-14H,5-8,12H2;4*1H3,(H,3,4). The number of anilines is 1. The predicted octanol–water partition coefficient (Wildman–Crippen LogP) is 1.66. The molecule has 0 aliphatic carbocycles. The molecule has 0 spiro atoms. The minimum Gasteiger partial charge on any atom is -0.481 e. The van der Waals surface area contributed by atoms with Gasteiger partial charge in [0.2, 0.25) is 0 Å². The highest BCUT2D eigenvalue weighted by molar-refractivity contribution is 6.30. The Balaban J connectivity index is -0.000000174. The van der Waals surface area contributed by atoms with Crippen molar-refractivity contribution in [2.24, 2.45) is 5.73 Å². The second-order valence-electron chi connectivity index (χ2n) is 5.05. The van der Waals surface area contributed by atoms with Crippen molar-refractivity contribution >= 4 is 41.2 Å². The Morgan fingerprint density at radius 1 is 0.767 bits per heavy atom. The van der Waals surface area contributed by atoms with Crippen molar-refractivity contribution < 1.29 is 39.6 Å². The van der Waals surface area contributed by atoms with Crippen molar-refractivity contribution in [1.29, 1.82) is 0 Å². The first-order valence-corrected chi connectivity index (χ1v) is 8.82. The Kier molecular flexibility index (Phi) is 30.1. The number of nitrogens with one attached hydrogen (secondary N) is 2. The summed E-state index contributed by atoms with van der Waals surface area (Å²) in [5.74, 6) is -3.33. The zero-order valence-corrected chi connectivity index (χ0v) is 18.3. The quantitative estimate of drug-likeness (QED) is 0.309. The van der Waals surface area contributed by atoms with Crippen LogP contribution in [0.3, 0.4) is 0 Å². The van der Waals surface area contributed by atoms with Crippen LogP contribution in [0.1, 0.15) is 27.7 Å². The van der Waals surface area contributed by atoms with Gasteiger partial charge < -0.3 is 36.8 Å². The van der Waals surface area contributed by atoms with Crippen LogP contribution in [0.2, 0.25) is 5.02 Å². The second kappa shape index (κ2) is 26.1. The van der Waals surface area contributed by atoms with Crippen molar-refractivity contribution in [2.75, 3.05) is 31.5 Å². The number of aliphatic carboxylic acids is 4. The molecule has 0 bridgehead atoms. The Morgan fingerprint density at radius 3 is 1.40 bits per heavy atom. The fraction of sp³-hybridized carbons (Fsp3) is 0.444. The summed E-state index contributed by atoms with van der Waals surface area (Å²) in [6, 6.07) is 7.67. The normalized spacial score (nSPS) is 8.07. The summed E-state index contributed by atoms with van der Waals surface area (Å²) in [6.07, 6.45) is 0. The zero-order chi connectivity index (χ0) is 24.5. The number of benzene rings is 1. The van der Waals surface area contributed by atoms with Crippen LogP contribution in [0.15, 0.2) is 24.3 Å². The first kappa shape index (κ1) is 34.6. The van der Waals surface area contributed by atoms with E-state index in [-0.39, 0.29) is 0 Å². The summed E-state index contributed by atoms with van der Waals surface area (Å²) in [5.41, 5.74) is 6.43. The molecule has 8 N–H and O–H groups in total. The van der Waals surface area contributed by atoms with E-state index >= 15 is 0 Å². The van der Waals surface area contributed by atoms with E-state index in [1.54, 1.807) is 0 Å². The maximum absolute atomic E-state index is 9.00. The first-order valence-electron chi connectivity index (χ1n) is 8.44. The van der Waals surface area contributed by atoms with Crippen molar-refractivity contribution in [1.82, 2.24) is 5.32 Å². The monoisotopic (exact) mass is 453 g/mol. The Bertz CT molecular complexity index is 519. The molecule has 0 heterocycles. The summed E-state index contributed by atoms with van der Waals surface area (Å²) in [6.45, 7) is 7.69. The van der Waals surface area contributed by atoms with E-state index in [2.05, 4.69) is 10.6 Å². The number of rotatable bonds is 6. The third-order valence-corrected chi connectivity index (χ3v) is 2.05. The van der Waals surface area contributed by atoms with E-state index in [1.165, 1.54) is 0 Å². The molecule has 0 unspecified atom stereocenters. The van der Waals surface area contributed by atoms with E-state index in [0.717, 1.165) is 58.0 Å². The van der Waals surface area contributed by atoms with E-state index in [9.17, 15) is 0 Å². The SMILES string of the molecule is CC(=O)O.CC(=O)O.CC(=O)O.CC(=O)O.NCCNCCNc1ccc(Cl)cc1. The van der Waals surface area contributed by atoms with Gasteiger partial charge in [-0.2, -0.15) is 0 Å². The van der Waals surface area contributed by atoms with Crippen molar-refractivity contribution in [2.45, 2.75) is 27.7 Å². The average molecular weight is 454 g/mol. The predicted molar refractivity (Wildman–Crippen MR) is 115 cm³/mol. The number of hydrogen-bond donors (Lipinski definition) is 7. The molecular formula is C18H32ClN3O8. The molecule has 0 radical (unpaired) electrons. The maximum Gasteiger partial charge on any atom is 0.300 e. The minimum absolute atomic E-state index is 0.681. The van der Waals surface area contributed by atoms with Crippen LogP contribution in [0.5, 0.6) is 0 Å². The molecule has 0 saturated heterocycles. The molecule has 0 atom stereocenters. The fourth-order valence-electron chi connectivity index (χ4n) is 1.09. The molecule has 174 valence electrons. The summed E-state index contributed by atoms with van der Waals surface area (Å²) in [5, 5.41) is 36.9. The first-order chi connectivity index (χ1) is 13.8. The van der Waals surface area contributed by atoms with E-state index in [4.69, 9.17) is 56.9 Å². The third-order valence-electron chi connectivity index (χ3n) is 1.80. The van der Waals surface area contributed by atoms with Gasteiger partial charge in [-0.25, -0.2) is 0 Å². The lowest BCUT2D eigenvalue weighted by atomic mass is 10.3. The van der Waals surface area contributed by atoms with Gasteiger partial charge >= 0.3 is 0 Å². The van der Waals surface area contributed by atoms with Crippen molar-refractivity contribution in [3.05, 3.63) is 29.3 Å². The lowest BCUT2D eigenvalue weighted by Crippen LogP contribution is -2.27. The minimum atomic E-state index is -0.833. The van der Waals surface area contributed by atoms with Gasteiger partial charge in [-0.3, -0.25) is 19.2 Å². The van der Waals surface area contributed by atoms with Crippen molar-refractivity contribution in [3.63, 3.8) is 0 Å². The molecule has 12 heteroatoms. The van der Waals surface area contributed by atoms with Crippen LogP contribution in [0, 0.1) is 0 Å². The van der Waals surface area contributed by atoms with Gasteiger partial charge in [0.1, 0.15) is 0 Å². The molecule has 0 aliphatic heterocycles. The number of carboxylic acids is 4. The number of carbonyl (C=O) groups is 4. The molecule has 1 aromatic carbocycles. The van der Waals surface area contributed by atoms with Crippen LogP contribution in [-0.4, -0.2) is 70.5 Å². The molecule has 0 saturated carbocycles. The van der Waals surface area contributed by atoms with E-state index < -0.39 is 23.9 Å². The largest absolute Gasteiger partial charge is 0.481 e. The van der Waals surface area contributed by atoms with Gasteiger partial charge in [0.05, 0.1) is 0 Å². The molecule has 11 nitrogen and oxygen atoms in total. The zero-order valence-electron chi connectivity index (χ0n) is 17.5. The number of halogens is 1. The summed E-state index contributed by atoms with van der Waals surface area (Å²) in [4.78, 5) is 36.0. The van der Waals surface area contributed by atoms with Gasteiger partial charge in [-0.1, -0.05) is 11.6 Å². The summed E-state index contributed by atoms with van der Waals surface area (Å²) < 4.78 is 0. The van der Waals surface area contributed by atoms with Crippen LogP contribution < -0.4 is 16.4 Å². The molecule has 0 aromatic heterocycles. The molecular weight excluding hydrogens is 422 g/mol. The van der Waals surface area contributed by atoms with Gasteiger partial charge in [-0.15, -0.1) is 0 Å². The highest BCUT2D eigenvalue weighted by Crippen LogP contribution is 2.12. The average Bonchev–Trinajstić information content (AvgIpc) is 2.54. The summed E-state index contributed by atoms with van der Waals surface area (Å²) >= 11 is 5.76. The van der Waals surface area contributed by atoms with Crippen molar-refractivity contribution in [3.8, 4) is 0 Å². The van der Waals surface area contributed by atoms with E-state index in [0.29, 0.717) is 6.54 Å². The molecule has 1 aromatic rings. The highest BCUT2D eigenvalue weighted by Gasteiger charge is 1.91.